The first-order valence-electron chi connectivity index (χ1n) is 6.04. The van der Waals surface area contributed by atoms with Crippen LogP contribution < -0.4 is 0 Å². The van der Waals surface area contributed by atoms with Crippen LogP contribution in [0.5, 0.6) is 0 Å². The van der Waals surface area contributed by atoms with Crippen molar-refractivity contribution in [3.05, 3.63) is 18.2 Å². The molecular formula is C12H18N2O3. The normalized spacial score (nSPS) is 16.5. The first-order valence-corrected chi connectivity index (χ1v) is 6.04. The highest BCUT2D eigenvalue weighted by Crippen LogP contribution is 2.10. The van der Waals surface area contributed by atoms with E-state index in [0.29, 0.717) is 26.1 Å². The van der Waals surface area contributed by atoms with Gasteiger partial charge in [0.15, 0.2) is 6.29 Å². The number of aryl methyl sites for hydroxylation is 1. The molecule has 1 aromatic heterocycles. The molecule has 1 aliphatic heterocycles. The Morgan fingerprint density at radius 3 is 3.00 bits per heavy atom. The summed E-state index contributed by atoms with van der Waals surface area (Å²) in [6.07, 6.45) is 5.01. The Hall–Kier alpha value is -1.20. The van der Waals surface area contributed by atoms with Crippen molar-refractivity contribution >= 4 is 5.78 Å². The van der Waals surface area contributed by atoms with Gasteiger partial charge in [-0.15, -0.1) is 0 Å². The van der Waals surface area contributed by atoms with Gasteiger partial charge in [-0.1, -0.05) is 6.92 Å². The van der Waals surface area contributed by atoms with Gasteiger partial charge in [-0.2, -0.15) is 0 Å². The number of hydrogen-bond acceptors (Lipinski definition) is 4. The highest BCUT2D eigenvalue weighted by Gasteiger charge is 2.20. The topological polar surface area (TPSA) is 53.4 Å². The van der Waals surface area contributed by atoms with Crippen LogP contribution in [-0.2, 0) is 27.2 Å². The standard InChI is InChI=1S/C12H18N2O3/c1-2-4-14-5-3-13-11(14)8-10(15)9-12-16-6-7-17-12/h3,5,12H,2,4,6-9H2,1H3. The fourth-order valence-electron chi connectivity index (χ4n) is 1.91. The molecule has 0 amide bonds. The van der Waals surface area contributed by atoms with Crippen LogP contribution >= 0.6 is 0 Å². The Morgan fingerprint density at radius 1 is 1.53 bits per heavy atom. The van der Waals surface area contributed by atoms with Crippen LogP contribution in [-0.4, -0.2) is 34.8 Å². The second-order valence-electron chi connectivity index (χ2n) is 4.13. The predicted molar refractivity (Wildman–Crippen MR) is 61.5 cm³/mol. The van der Waals surface area contributed by atoms with Crippen molar-refractivity contribution in [1.29, 1.82) is 0 Å². The van der Waals surface area contributed by atoms with Gasteiger partial charge in [-0.25, -0.2) is 4.98 Å². The van der Waals surface area contributed by atoms with Crippen LogP contribution in [0, 0.1) is 0 Å². The fourth-order valence-corrected chi connectivity index (χ4v) is 1.91. The molecule has 0 N–H and O–H groups in total. The molecule has 0 aromatic carbocycles. The molecule has 1 aliphatic rings. The molecule has 0 aliphatic carbocycles. The van der Waals surface area contributed by atoms with E-state index in [1.165, 1.54) is 0 Å². The van der Waals surface area contributed by atoms with Crippen molar-refractivity contribution in [2.45, 2.75) is 39.0 Å². The Morgan fingerprint density at radius 2 is 2.29 bits per heavy atom. The molecule has 0 unspecified atom stereocenters. The fraction of sp³-hybridized carbons (Fsp3) is 0.667. The van der Waals surface area contributed by atoms with E-state index >= 15 is 0 Å². The molecule has 17 heavy (non-hydrogen) atoms. The quantitative estimate of drug-likeness (QED) is 0.746. The average Bonchev–Trinajstić information content (AvgIpc) is 2.92. The summed E-state index contributed by atoms with van der Waals surface area (Å²) in [4.78, 5) is 16.0. The van der Waals surface area contributed by atoms with Gasteiger partial charge in [0.05, 0.1) is 26.1 Å². The zero-order chi connectivity index (χ0) is 12.1. The van der Waals surface area contributed by atoms with Crippen molar-refractivity contribution in [3.63, 3.8) is 0 Å². The summed E-state index contributed by atoms with van der Waals surface area (Å²) in [5.74, 6) is 0.940. The number of ketones is 1. The number of ether oxygens (including phenoxy) is 2. The Bertz CT molecular complexity index is 370. The van der Waals surface area contributed by atoms with Gasteiger partial charge in [-0.05, 0) is 6.42 Å². The first-order chi connectivity index (χ1) is 8.29. The molecule has 0 spiro atoms. The van der Waals surface area contributed by atoms with E-state index in [1.807, 2.05) is 10.8 Å². The van der Waals surface area contributed by atoms with Crippen molar-refractivity contribution in [2.75, 3.05) is 13.2 Å². The number of aromatic nitrogens is 2. The lowest BCUT2D eigenvalue weighted by molar-refractivity contribution is -0.126. The van der Waals surface area contributed by atoms with E-state index in [0.717, 1.165) is 18.8 Å². The summed E-state index contributed by atoms with van der Waals surface area (Å²) in [6, 6.07) is 0. The van der Waals surface area contributed by atoms with Gasteiger partial charge in [-0.3, -0.25) is 4.79 Å². The minimum Gasteiger partial charge on any atom is -0.350 e. The van der Waals surface area contributed by atoms with Crippen LogP contribution in [0.4, 0.5) is 0 Å². The number of carbonyl (C=O) groups is 1. The maximum Gasteiger partial charge on any atom is 0.164 e. The van der Waals surface area contributed by atoms with Crippen LogP contribution in [0.15, 0.2) is 12.4 Å². The summed E-state index contributed by atoms with van der Waals surface area (Å²) < 4.78 is 12.5. The maximum absolute atomic E-state index is 11.8. The van der Waals surface area contributed by atoms with Gasteiger partial charge in [0.1, 0.15) is 11.6 Å². The SMILES string of the molecule is CCCn1ccnc1CC(=O)CC1OCCO1. The molecule has 94 valence electrons. The molecule has 0 saturated carbocycles. The zero-order valence-electron chi connectivity index (χ0n) is 10.1. The Balaban J connectivity index is 1.86. The number of rotatable bonds is 6. The van der Waals surface area contributed by atoms with Gasteiger partial charge in [0, 0.05) is 18.9 Å². The largest absolute Gasteiger partial charge is 0.350 e. The summed E-state index contributed by atoms with van der Waals surface area (Å²) in [5.41, 5.74) is 0. The smallest absolute Gasteiger partial charge is 0.164 e. The third-order valence-corrected chi connectivity index (χ3v) is 2.71. The number of imidazole rings is 1. The van der Waals surface area contributed by atoms with Gasteiger partial charge in [0.25, 0.3) is 0 Å². The highest BCUT2D eigenvalue weighted by molar-refractivity contribution is 5.80. The molecule has 0 bridgehead atoms. The number of Topliss-reactive ketones (excluding diaryl/α,β-unsaturated/α-hetero) is 1. The molecular weight excluding hydrogens is 220 g/mol. The molecule has 2 rings (SSSR count). The zero-order valence-corrected chi connectivity index (χ0v) is 10.1. The van der Waals surface area contributed by atoms with Crippen molar-refractivity contribution in [3.8, 4) is 0 Å². The Labute approximate surface area is 101 Å². The molecule has 5 heteroatoms. The summed E-state index contributed by atoms with van der Waals surface area (Å²) >= 11 is 0. The van der Waals surface area contributed by atoms with Crippen LogP contribution in [0.2, 0.25) is 0 Å². The predicted octanol–water partition coefficient (Wildman–Crippen LogP) is 1.17. The van der Waals surface area contributed by atoms with Crippen molar-refractivity contribution < 1.29 is 14.3 Å². The second-order valence-corrected chi connectivity index (χ2v) is 4.13. The van der Waals surface area contributed by atoms with E-state index in [1.54, 1.807) is 6.20 Å². The molecule has 1 fully saturated rings. The maximum atomic E-state index is 11.8. The molecule has 1 aromatic rings. The number of carbonyl (C=O) groups excluding carboxylic acids is 1. The summed E-state index contributed by atoms with van der Waals surface area (Å²) in [7, 11) is 0. The lowest BCUT2D eigenvalue weighted by atomic mass is 10.2. The number of hydrogen-bond donors (Lipinski definition) is 0. The average molecular weight is 238 g/mol. The molecule has 0 radical (unpaired) electrons. The summed E-state index contributed by atoms with van der Waals surface area (Å²) in [6.45, 7) is 4.18. The van der Waals surface area contributed by atoms with Crippen LogP contribution in [0.3, 0.4) is 0 Å². The molecule has 1 saturated heterocycles. The highest BCUT2D eigenvalue weighted by atomic mass is 16.7. The van der Waals surface area contributed by atoms with E-state index in [2.05, 4.69) is 11.9 Å². The number of nitrogens with zero attached hydrogens (tertiary/aromatic N) is 2. The second kappa shape index (κ2) is 5.93. The molecule has 0 atom stereocenters. The minimum absolute atomic E-state index is 0.112. The van der Waals surface area contributed by atoms with Crippen LogP contribution in [0.1, 0.15) is 25.6 Å². The molecule has 2 heterocycles. The third kappa shape index (κ3) is 3.38. The van der Waals surface area contributed by atoms with Gasteiger partial charge < -0.3 is 14.0 Å². The monoisotopic (exact) mass is 238 g/mol. The van der Waals surface area contributed by atoms with E-state index < -0.39 is 0 Å². The first kappa shape index (κ1) is 12.3. The van der Waals surface area contributed by atoms with Gasteiger partial charge in [0.2, 0.25) is 0 Å². The van der Waals surface area contributed by atoms with E-state index in [4.69, 9.17) is 9.47 Å². The van der Waals surface area contributed by atoms with E-state index in [9.17, 15) is 4.79 Å². The lowest BCUT2D eigenvalue weighted by Crippen LogP contribution is -2.17. The summed E-state index contributed by atoms with van der Waals surface area (Å²) in [5, 5.41) is 0. The van der Waals surface area contributed by atoms with Crippen molar-refractivity contribution in [1.82, 2.24) is 9.55 Å². The lowest BCUT2D eigenvalue weighted by Gasteiger charge is -2.08. The van der Waals surface area contributed by atoms with Crippen LogP contribution in [0.25, 0.3) is 0 Å². The Kier molecular flexibility index (Phi) is 4.28. The van der Waals surface area contributed by atoms with Gasteiger partial charge >= 0.3 is 0 Å². The molecule has 5 nitrogen and oxygen atoms in total. The van der Waals surface area contributed by atoms with Crippen molar-refractivity contribution in [2.24, 2.45) is 0 Å². The third-order valence-electron chi connectivity index (χ3n) is 2.71. The minimum atomic E-state index is -0.350. The van der Waals surface area contributed by atoms with E-state index in [-0.39, 0.29) is 12.1 Å².